The van der Waals surface area contributed by atoms with Gasteiger partial charge in [0.2, 0.25) is 5.91 Å². The molecule has 1 atom stereocenters. The van der Waals surface area contributed by atoms with Gasteiger partial charge < -0.3 is 15.0 Å². The van der Waals surface area contributed by atoms with E-state index in [0.29, 0.717) is 19.1 Å². The molecule has 4 nitrogen and oxygen atoms in total. The molecule has 0 aromatic heterocycles. The molecule has 0 spiro atoms. The van der Waals surface area contributed by atoms with Crippen LogP contribution in [0.5, 0.6) is 5.75 Å². The summed E-state index contributed by atoms with van der Waals surface area (Å²) in [5.74, 6) is 1.04. The van der Waals surface area contributed by atoms with Gasteiger partial charge in [-0.1, -0.05) is 30.3 Å². The summed E-state index contributed by atoms with van der Waals surface area (Å²) in [6.45, 7) is 6.12. The molecular weight excluding hydrogens is 312 g/mol. The molecule has 1 amide bonds. The van der Waals surface area contributed by atoms with Crippen LogP contribution in [-0.2, 0) is 4.79 Å². The number of nitrogens with zero attached hydrogens (tertiary/aromatic N) is 1. The predicted molar refractivity (Wildman–Crippen MR) is 101 cm³/mol. The van der Waals surface area contributed by atoms with E-state index in [4.69, 9.17) is 4.74 Å². The van der Waals surface area contributed by atoms with Gasteiger partial charge in [-0.3, -0.25) is 4.79 Å². The van der Waals surface area contributed by atoms with E-state index in [9.17, 15) is 4.79 Å². The maximum absolute atomic E-state index is 12.4. The van der Waals surface area contributed by atoms with Crippen LogP contribution < -0.4 is 10.1 Å². The van der Waals surface area contributed by atoms with Crippen LogP contribution in [0.3, 0.4) is 0 Å². The lowest BCUT2D eigenvalue weighted by molar-refractivity contribution is -0.130. The van der Waals surface area contributed by atoms with E-state index < -0.39 is 0 Å². The normalized spacial score (nSPS) is 16.7. The molecule has 3 rings (SSSR count). The second-order valence-electron chi connectivity index (χ2n) is 6.63. The zero-order chi connectivity index (χ0) is 17.6. The number of aryl methyl sites for hydroxylation is 1. The summed E-state index contributed by atoms with van der Waals surface area (Å²) in [5.41, 5.74) is 3.46. The lowest BCUT2D eigenvalue weighted by Crippen LogP contribution is -2.32. The number of ether oxygens (including phenoxy) is 1. The smallest absolute Gasteiger partial charge is 0.226 e. The summed E-state index contributed by atoms with van der Waals surface area (Å²) in [5, 5.41) is 3.50. The maximum atomic E-state index is 12.4. The number of para-hydroxylation sites is 1. The van der Waals surface area contributed by atoms with E-state index in [0.717, 1.165) is 36.5 Å². The zero-order valence-electron chi connectivity index (χ0n) is 15.0. The fourth-order valence-corrected chi connectivity index (χ4v) is 3.16. The Morgan fingerprint density at radius 2 is 1.96 bits per heavy atom. The quantitative estimate of drug-likeness (QED) is 0.871. The molecule has 0 saturated carbocycles. The molecule has 0 radical (unpaired) electrons. The van der Waals surface area contributed by atoms with Gasteiger partial charge in [0, 0.05) is 24.8 Å². The van der Waals surface area contributed by atoms with Crippen LogP contribution in [-0.4, -0.2) is 36.5 Å². The first-order valence-electron chi connectivity index (χ1n) is 8.92. The van der Waals surface area contributed by atoms with Crippen molar-refractivity contribution in [1.82, 2.24) is 4.90 Å². The molecule has 2 aromatic carbocycles. The molecule has 1 aliphatic rings. The van der Waals surface area contributed by atoms with Gasteiger partial charge >= 0.3 is 0 Å². The van der Waals surface area contributed by atoms with E-state index in [1.54, 1.807) is 0 Å². The third-order valence-corrected chi connectivity index (χ3v) is 4.81. The van der Waals surface area contributed by atoms with Crippen molar-refractivity contribution in [3.05, 3.63) is 59.7 Å². The van der Waals surface area contributed by atoms with Gasteiger partial charge in [0.25, 0.3) is 0 Å². The molecule has 25 heavy (non-hydrogen) atoms. The number of benzene rings is 2. The number of rotatable bonds is 6. The number of carbonyl (C=O) groups is 1. The summed E-state index contributed by atoms with van der Waals surface area (Å²) in [6.07, 6.45) is 1.41. The van der Waals surface area contributed by atoms with Crippen LogP contribution in [0.2, 0.25) is 0 Å². The van der Waals surface area contributed by atoms with Crippen molar-refractivity contribution < 1.29 is 9.53 Å². The van der Waals surface area contributed by atoms with E-state index >= 15 is 0 Å². The first-order chi connectivity index (χ1) is 12.1. The minimum absolute atomic E-state index is 0.169. The fraction of sp³-hybridized carbons (Fsp3) is 0.381. The summed E-state index contributed by atoms with van der Waals surface area (Å²) in [4.78, 5) is 14.3. The molecular formula is C21H26N2O2. The van der Waals surface area contributed by atoms with Gasteiger partial charge in [0.15, 0.2) is 0 Å². The highest BCUT2D eigenvalue weighted by Crippen LogP contribution is 2.21. The third-order valence-electron chi connectivity index (χ3n) is 4.81. The van der Waals surface area contributed by atoms with Crippen molar-refractivity contribution in [3.63, 3.8) is 0 Å². The highest BCUT2D eigenvalue weighted by atomic mass is 16.5. The van der Waals surface area contributed by atoms with Crippen LogP contribution in [0.4, 0.5) is 5.69 Å². The lowest BCUT2D eigenvalue weighted by atomic mass is 10.1. The van der Waals surface area contributed by atoms with Crippen molar-refractivity contribution in [2.24, 2.45) is 0 Å². The van der Waals surface area contributed by atoms with Gasteiger partial charge in [-0.25, -0.2) is 0 Å². The molecule has 0 bridgehead atoms. The Morgan fingerprint density at radius 1 is 1.16 bits per heavy atom. The van der Waals surface area contributed by atoms with E-state index in [1.165, 1.54) is 5.56 Å². The van der Waals surface area contributed by atoms with Gasteiger partial charge in [0.1, 0.15) is 5.75 Å². The van der Waals surface area contributed by atoms with E-state index in [1.807, 2.05) is 42.2 Å². The second-order valence-corrected chi connectivity index (χ2v) is 6.63. The Bertz CT molecular complexity index is 715. The number of nitrogens with one attached hydrogen (secondary N) is 1. The molecule has 1 aliphatic heterocycles. The monoisotopic (exact) mass is 338 g/mol. The largest absolute Gasteiger partial charge is 0.493 e. The van der Waals surface area contributed by atoms with Crippen molar-refractivity contribution in [2.75, 3.05) is 25.0 Å². The Kier molecular flexibility index (Phi) is 5.59. The van der Waals surface area contributed by atoms with Crippen molar-refractivity contribution in [2.45, 2.75) is 32.7 Å². The topological polar surface area (TPSA) is 41.6 Å². The molecule has 132 valence electrons. The summed E-state index contributed by atoms with van der Waals surface area (Å²) in [6, 6.07) is 16.5. The molecule has 2 aromatic rings. The molecule has 1 saturated heterocycles. The van der Waals surface area contributed by atoms with Crippen LogP contribution in [0, 0.1) is 13.8 Å². The summed E-state index contributed by atoms with van der Waals surface area (Å²) in [7, 11) is 0. The summed E-state index contributed by atoms with van der Waals surface area (Å²) >= 11 is 0. The van der Waals surface area contributed by atoms with Crippen molar-refractivity contribution in [3.8, 4) is 5.75 Å². The second kappa shape index (κ2) is 8.06. The highest BCUT2D eigenvalue weighted by Gasteiger charge is 2.25. The van der Waals surface area contributed by atoms with E-state index in [-0.39, 0.29) is 5.91 Å². The molecule has 1 fully saturated rings. The first-order valence-corrected chi connectivity index (χ1v) is 8.92. The summed E-state index contributed by atoms with van der Waals surface area (Å²) < 4.78 is 5.81. The lowest BCUT2D eigenvalue weighted by Gasteiger charge is -2.18. The van der Waals surface area contributed by atoms with Crippen LogP contribution in [0.25, 0.3) is 0 Å². The van der Waals surface area contributed by atoms with Crippen LogP contribution in [0.15, 0.2) is 48.5 Å². The maximum Gasteiger partial charge on any atom is 0.226 e. The van der Waals surface area contributed by atoms with Gasteiger partial charge in [-0.15, -0.1) is 0 Å². The molecule has 1 unspecified atom stereocenters. The Morgan fingerprint density at radius 3 is 2.76 bits per heavy atom. The number of anilines is 1. The first kappa shape index (κ1) is 17.3. The standard InChI is InChI=1S/C21H26N2O2/c1-16-7-6-10-20(17(16)2)25-14-12-21(24)23-13-11-19(15-23)22-18-8-4-3-5-9-18/h3-10,19,22H,11-15H2,1-2H3. The number of hydrogen-bond donors (Lipinski definition) is 1. The Labute approximate surface area is 149 Å². The molecule has 1 N–H and O–H groups in total. The van der Waals surface area contributed by atoms with Crippen LogP contribution in [0.1, 0.15) is 24.0 Å². The van der Waals surface area contributed by atoms with Crippen molar-refractivity contribution >= 4 is 11.6 Å². The highest BCUT2D eigenvalue weighted by molar-refractivity contribution is 5.76. The molecule has 0 aliphatic carbocycles. The minimum atomic E-state index is 0.169. The fourth-order valence-electron chi connectivity index (χ4n) is 3.16. The van der Waals surface area contributed by atoms with E-state index in [2.05, 4.69) is 30.4 Å². The average Bonchev–Trinajstić information content (AvgIpc) is 3.08. The molecule has 1 heterocycles. The van der Waals surface area contributed by atoms with Gasteiger partial charge in [0.05, 0.1) is 13.0 Å². The number of hydrogen-bond acceptors (Lipinski definition) is 3. The molecule has 4 heteroatoms. The van der Waals surface area contributed by atoms with Gasteiger partial charge in [-0.2, -0.15) is 0 Å². The van der Waals surface area contributed by atoms with Crippen LogP contribution >= 0.6 is 0 Å². The predicted octanol–water partition coefficient (Wildman–Crippen LogP) is 3.79. The zero-order valence-corrected chi connectivity index (χ0v) is 15.0. The SMILES string of the molecule is Cc1cccc(OCCC(=O)N2CCC(Nc3ccccc3)C2)c1C. The Hall–Kier alpha value is -2.49. The number of likely N-dealkylation sites (tertiary alicyclic amines) is 1. The third kappa shape index (κ3) is 4.53. The minimum Gasteiger partial charge on any atom is -0.493 e. The Balaban J connectivity index is 1.44. The number of carbonyl (C=O) groups excluding carboxylic acids is 1. The average molecular weight is 338 g/mol. The van der Waals surface area contributed by atoms with Crippen molar-refractivity contribution in [1.29, 1.82) is 0 Å². The number of amides is 1. The van der Waals surface area contributed by atoms with Gasteiger partial charge in [-0.05, 0) is 49.6 Å².